The van der Waals surface area contributed by atoms with Crippen molar-refractivity contribution in [3.8, 4) is 5.75 Å². The topological polar surface area (TPSA) is 50.7 Å². The van der Waals surface area contributed by atoms with Crippen LogP contribution in [0, 0.1) is 11.3 Å². The highest BCUT2D eigenvalue weighted by Gasteiger charge is 2.33. The van der Waals surface area contributed by atoms with E-state index in [1.165, 1.54) is 4.88 Å². The molecule has 40 heavy (non-hydrogen) atoms. The maximum atomic E-state index is 13.6. The Kier molecular flexibility index (Phi) is 8.65. The van der Waals surface area contributed by atoms with Gasteiger partial charge in [-0.05, 0) is 72.6 Å². The van der Waals surface area contributed by atoms with Gasteiger partial charge >= 0.3 is 0 Å². The number of ether oxygens (including phenoxy) is 1. The van der Waals surface area contributed by atoms with Crippen molar-refractivity contribution in [2.45, 2.75) is 46.6 Å². The lowest BCUT2D eigenvalue weighted by atomic mass is 9.72. The summed E-state index contributed by atoms with van der Waals surface area (Å²) in [5.41, 5.74) is 4.45. The molecular formula is C33H32Cl2N2O2S. The first kappa shape index (κ1) is 28.4. The van der Waals surface area contributed by atoms with Crippen LogP contribution in [0.15, 0.2) is 77.8 Å². The fourth-order valence-corrected chi connectivity index (χ4v) is 6.72. The lowest BCUT2D eigenvalue weighted by molar-refractivity contribution is 0.102. The van der Waals surface area contributed by atoms with Crippen molar-refractivity contribution < 1.29 is 9.53 Å². The van der Waals surface area contributed by atoms with Crippen molar-refractivity contribution in [1.82, 2.24) is 0 Å². The minimum Gasteiger partial charge on any atom is -0.488 e. The zero-order chi connectivity index (χ0) is 28.3. The molecule has 0 radical (unpaired) electrons. The van der Waals surface area contributed by atoms with Crippen molar-refractivity contribution in [3.05, 3.63) is 110 Å². The van der Waals surface area contributed by atoms with Crippen molar-refractivity contribution in [2.75, 3.05) is 5.32 Å². The van der Waals surface area contributed by atoms with Gasteiger partial charge in [0.05, 0.1) is 5.56 Å². The number of hydrogen-bond donors (Lipinski definition) is 1. The van der Waals surface area contributed by atoms with E-state index >= 15 is 0 Å². The number of carbonyl (C=O) groups is 1. The van der Waals surface area contributed by atoms with E-state index in [2.05, 4.69) is 26.1 Å². The molecule has 4 aromatic rings. The summed E-state index contributed by atoms with van der Waals surface area (Å²) in [5, 5.41) is 4.95. The Morgan fingerprint density at radius 2 is 1.82 bits per heavy atom. The van der Waals surface area contributed by atoms with E-state index in [0.717, 1.165) is 46.6 Å². The normalized spacial score (nSPS) is 15.2. The first-order chi connectivity index (χ1) is 19.2. The molecule has 1 N–H and O–H groups in total. The van der Waals surface area contributed by atoms with Crippen LogP contribution in [0.3, 0.4) is 0 Å². The average Bonchev–Trinajstić information content (AvgIpc) is 3.30. The SMILES string of the molecule is CC(C)(C)[C@H]1CCc2c(sc(N=Cc3ccccc3OCc3ccc(Cl)cc3Cl)c2C(=O)Nc2ccccc2)C1. The van der Waals surface area contributed by atoms with Gasteiger partial charge in [0.25, 0.3) is 5.91 Å². The molecule has 1 atom stereocenters. The number of para-hydroxylation sites is 2. The molecule has 1 heterocycles. The number of aliphatic imine (C=N–C) groups is 1. The molecule has 5 rings (SSSR count). The third kappa shape index (κ3) is 6.60. The zero-order valence-electron chi connectivity index (χ0n) is 22.8. The molecule has 1 aliphatic rings. The number of halogens is 2. The van der Waals surface area contributed by atoms with Crippen molar-refractivity contribution in [1.29, 1.82) is 0 Å². The molecule has 4 nitrogen and oxygen atoms in total. The zero-order valence-corrected chi connectivity index (χ0v) is 25.2. The summed E-state index contributed by atoms with van der Waals surface area (Å²) in [6.45, 7) is 7.19. The van der Waals surface area contributed by atoms with E-state index in [1.54, 1.807) is 29.7 Å². The monoisotopic (exact) mass is 590 g/mol. The number of nitrogens with zero attached hydrogens (tertiary/aromatic N) is 1. The Hall–Kier alpha value is -3.12. The molecule has 1 aromatic heterocycles. The summed E-state index contributed by atoms with van der Waals surface area (Å²) >= 11 is 14.0. The van der Waals surface area contributed by atoms with Crippen LogP contribution in [0.5, 0.6) is 5.75 Å². The largest absolute Gasteiger partial charge is 0.488 e. The van der Waals surface area contributed by atoms with E-state index in [9.17, 15) is 4.79 Å². The Labute approximate surface area is 250 Å². The van der Waals surface area contributed by atoms with Crippen LogP contribution in [0.25, 0.3) is 0 Å². The Morgan fingerprint density at radius 1 is 1.07 bits per heavy atom. The fourth-order valence-electron chi connectivity index (χ4n) is 4.99. The maximum Gasteiger partial charge on any atom is 0.259 e. The van der Waals surface area contributed by atoms with E-state index in [1.807, 2.05) is 60.7 Å². The van der Waals surface area contributed by atoms with Gasteiger partial charge in [-0.15, -0.1) is 11.3 Å². The summed E-state index contributed by atoms with van der Waals surface area (Å²) in [7, 11) is 0. The Balaban J connectivity index is 1.44. The lowest BCUT2D eigenvalue weighted by Gasteiger charge is -2.33. The fraction of sp³-hybridized carbons (Fsp3) is 0.273. The van der Waals surface area contributed by atoms with Crippen LogP contribution >= 0.6 is 34.5 Å². The van der Waals surface area contributed by atoms with Crippen LogP contribution in [0.1, 0.15) is 59.1 Å². The maximum absolute atomic E-state index is 13.6. The molecule has 0 saturated heterocycles. The number of anilines is 1. The van der Waals surface area contributed by atoms with E-state index in [-0.39, 0.29) is 11.3 Å². The van der Waals surface area contributed by atoms with Crippen LogP contribution in [-0.2, 0) is 19.4 Å². The van der Waals surface area contributed by atoms with Crippen LogP contribution in [0.4, 0.5) is 10.7 Å². The number of rotatable bonds is 7. The summed E-state index contributed by atoms with van der Waals surface area (Å²) in [6.07, 6.45) is 4.69. The summed E-state index contributed by atoms with van der Waals surface area (Å²) < 4.78 is 6.13. The third-order valence-electron chi connectivity index (χ3n) is 7.37. The second kappa shape index (κ2) is 12.2. The van der Waals surface area contributed by atoms with Gasteiger partial charge in [0.1, 0.15) is 17.4 Å². The van der Waals surface area contributed by atoms with Gasteiger partial charge in [0, 0.05) is 38.0 Å². The summed E-state index contributed by atoms with van der Waals surface area (Å²) in [6, 6.07) is 22.7. The molecule has 0 spiro atoms. The molecular weight excluding hydrogens is 559 g/mol. The second-order valence-corrected chi connectivity index (χ2v) is 13.1. The highest BCUT2D eigenvalue weighted by atomic mass is 35.5. The lowest BCUT2D eigenvalue weighted by Crippen LogP contribution is -2.27. The molecule has 0 aliphatic heterocycles. The molecule has 0 saturated carbocycles. The number of amides is 1. The molecule has 1 aliphatic carbocycles. The number of thiophene rings is 1. The number of carbonyl (C=O) groups excluding carboxylic acids is 1. The average molecular weight is 592 g/mol. The summed E-state index contributed by atoms with van der Waals surface area (Å²) in [5.74, 6) is 1.13. The van der Waals surface area contributed by atoms with Gasteiger partial charge in [-0.2, -0.15) is 0 Å². The highest BCUT2D eigenvalue weighted by Crippen LogP contribution is 2.45. The second-order valence-electron chi connectivity index (χ2n) is 11.1. The molecule has 206 valence electrons. The Morgan fingerprint density at radius 3 is 2.58 bits per heavy atom. The summed E-state index contributed by atoms with van der Waals surface area (Å²) in [4.78, 5) is 19.8. The first-order valence-electron chi connectivity index (χ1n) is 13.4. The smallest absolute Gasteiger partial charge is 0.259 e. The van der Waals surface area contributed by atoms with Gasteiger partial charge in [-0.25, -0.2) is 4.99 Å². The van der Waals surface area contributed by atoms with Crippen molar-refractivity contribution >= 4 is 57.3 Å². The predicted octanol–water partition coefficient (Wildman–Crippen LogP) is 9.79. The van der Waals surface area contributed by atoms with Gasteiger partial charge in [-0.3, -0.25) is 4.79 Å². The first-order valence-corrected chi connectivity index (χ1v) is 15.0. The molecule has 7 heteroatoms. The standard InChI is InChI=1S/C33H32Cl2N2O2S/c1-33(2,3)23-14-16-26-29(17-23)40-32(30(26)31(38)37-25-10-5-4-6-11-25)36-19-21-9-7-8-12-28(21)39-20-22-13-15-24(34)18-27(22)35/h4-13,15,18-19,23H,14,16-17,20H2,1-3H3,(H,37,38)/t23-/m0/s1. The minimum absolute atomic E-state index is 0.119. The number of nitrogens with one attached hydrogen (secondary N) is 1. The van der Waals surface area contributed by atoms with Gasteiger partial charge < -0.3 is 10.1 Å². The molecule has 0 fully saturated rings. The molecule has 0 bridgehead atoms. The van der Waals surface area contributed by atoms with Crippen LogP contribution < -0.4 is 10.1 Å². The van der Waals surface area contributed by atoms with Gasteiger partial charge in [-0.1, -0.05) is 80.4 Å². The molecule has 0 unspecified atom stereocenters. The minimum atomic E-state index is -0.119. The van der Waals surface area contributed by atoms with E-state index < -0.39 is 0 Å². The quantitative estimate of drug-likeness (QED) is 0.218. The van der Waals surface area contributed by atoms with Crippen molar-refractivity contribution in [3.63, 3.8) is 0 Å². The third-order valence-corrected chi connectivity index (χ3v) is 9.12. The molecule has 1 amide bonds. The number of fused-ring (bicyclic) bond motifs is 1. The van der Waals surface area contributed by atoms with Crippen LogP contribution in [0.2, 0.25) is 10.0 Å². The Bertz CT molecular complexity index is 1540. The van der Waals surface area contributed by atoms with E-state index in [0.29, 0.717) is 33.9 Å². The molecule has 3 aromatic carbocycles. The number of hydrogen-bond acceptors (Lipinski definition) is 4. The van der Waals surface area contributed by atoms with E-state index in [4.69, 9.17) is 32.9 Å². The number of benzene rings is 3. The highest BCUT2D eigenvalue weighted by molar-refractivity contribution is 7.16. The van der Waals surface area contributed by atoms with Crippen molar-refractivity contribution in [2.24, 2.45) is 16.3 Å². The predicted molar refractivity (Wildman–Crippen MR) is 168 cm³/mol. The van der Waals surface area contributed by atoms with Crippen LogP contribution in [-0.4, -0.2) is 12.1 Å². The van der Waals surface area contributed by atoms with Gasteiger partial charge in [0.15, 0.2) is 0 Å². The van der Waals surface area contributed by atoms with Gasteiger partial charge in [0.2, 0.25) is 0 Å².